The van der Waals surface area contributed by atoms with E-state index in [1.165, 1.54) is 0 Å². The van der Waals surface area contributed by atoms with Crippen molar-refractivity contribution in [2.75, 3.05) is 0 Å². The molecular formula is C46H4F30Fe-2. The topological polar surface area (TPSA) is 0 Å². The molecular weight excluding hydrogens is 1180 g/mol. The summed E-state index contributed by atoms with van der Waals surface area (Å²) >= 11 is 0. The first-order valence-corrected chi connectivity index (χ1v) is 19.0. The van der Waals surface area contributed by atoms with Gasteiger partial charge >= 0.3 is 0 Å². The maximum Gasteiger partial charge on any atom is 0.200 e. The van der Waals surface area contributed by atoms with Crippen LogP contribution in [0.5, 0.6) is 0 Å². The van der Waals surface area contributed by atoms with Crippen LogP contribution in [0.2, 0.25) is 0 Å². The Balaban J connectivity index is 0.000000246. The summed E-state index contributed by atoms with van der Waals surface area (Å²) in [5.74, 6) is -80.4. The molecule has 0 aliphatic rings. The van der Waals surface area contributed by atoms with Crippen LogP contribution in [0, 0.1) is 175 Å². The molecule has 0 bridgehead atoms. The van der Waals surface area contributed by atoms with Crippen LogP contribution in [0.25, 0.3) is 66.8 Å². The first kappa shape index (κ1) is 58.7. The fraction of sp³-hybridized carbons (Fsp3) is 0. The molecule has 0 aromatic heterocycles. The van der Waals surface area contributed by atoms with Crippen molar-refractivity contribution in [3.8, 4) is 66.8 Å². The van der Waals surface area contributed by atoms with E-state index in [1.807, 2.05) is 0 Å². The summed E-state index contributed by atoms with van der Waals surface area (Å²) in [5, 5.41) is 0. The first-order chi connectivity index (χ1) is 35.3. The summed E-state index contributed by atoms with van der Waals surface area (Å²) in [6, 6.07) is -0.151. The Morgan fingerprint density at radius 2 is 0.325 bits per heavy atom. The van der Waals surface area contributed by atoms with Gasteiger partial charge in [-0.1, -0.05) is 33.4 Å². The smallest absolute Gasteiger partial charge is 0.200 e. The molecule has 0 unspecified atom stereocenters. The number of hydrogen-bond acceptors (Lipinski definition) is 0. The standard InChI is InChI=1S/2C23H2F15.Fe/c2*24-9-6(10(25)16(31)21(36)15(9)30)3-1-4(7-11(26)17(32)22(37)18(33)12(7)27)5(2-3)8-13(28)19(34)23(38)20(35)14(8)29;/h2*1-2H;/q2*-1;. The van der Waals surface area contributed by atoms with Gasteiger partial charge in [-0.15, -0.1) is 24.3 Å². The van der Waals surface area contributed by atoms with Crippen molar-refractivity contribution in [3.05, 3.63) is 199 Å². The molecule has 31 heteroatoms. The SMILES string of the molecule is Fc1c(F)c(F)c(-c2cc(-c3c(F)c(F)c(F)c(F)c3F)[c-](-c3c(F)c(F)c(F)c(F)c3F)c2)c(F)c1F.Fc1c(F)c(F)c(-c2cc(-c3c(F)c(F)c(F)c(F)c3F)[c-](-c3c(F)c(F)c(F)c(F)c3F)c2)c(F)c1F.[Fe]. The third-order valence-electron chi connectivity index (χ3n) is 10.7. The fourth-order valence-corrected chi connectivity index (χ4v) is 7.21. The second kappa shape index (κ2) is 20.8. The van der Waals surface area contributed by atoms with Crippen LogP contribution < -0.4 is 0 Å². The van der Waals surface area contributed by atoms with Gasteiger partial charge in [0.05, 0.1) is 0 Å². The van der Waals surface area contributed by atoms with Gasteiger partial charge in [0.1, 0.15) is 46.5 Å². The van der Waals surface area contributed by atoms with Crippen LogP contribution >= 0.6 is 0 Å². The first-order valence-electron chi connectivity index (χ1n) is 19.0. The summed E-state index contributed by atoms with van der Waals surface area (Å²) in [5.41, 5.74) is -21.5. The normalized spacial score (nSPS) is 11.4. The van der Waals surface area contributed by atoms with Crippen molar-refractivity contribution in [1.29, 1.82) is 0 Å². The zero-order valence-electron chi connectivity index (χ0n) is 35.0. The second-order valence-electron chi connectivity index (χ2n) is 14.8. The van der Waals surface area contributed by atoms with Crippen LogP contribution in [-0.2, 0) is 17.1 Å². The van der Waals surface area contributed by atoms with Crippen molar-refractivity contribution >= 4 is 0 Å². The molecule has 0 saturated carbocycles. The molecule has 0 aliphatic carbocycles. The van der Waals surface area contributed by atoms with Gasteiger partial charge in [0.15, 0.2) is 116 Å². The van der Waals surface area contributed by atoms with Gasteiger partial charge in [-0.25, -0.2) is 132 Å². The minimum Gasteiger partial charge on any atom is -0.242 e. The van der Waals surface area contributed by atoms with Gasteiger partial charge in [0, 0.05) is 39.3 Å². The number of hydrogen-bond donors (Lipinski definition) is 0. The van der Waals surface area contributed by atoms with E-state index in [2.05, 4.69) is 0 Å². The molecule has 0 heterocycles. The summed E-state index contributed by atoms with van der Waals surface area (Å²) in [4.78, 5) is 0. The van der Waals surface area contributed by atoms with Crippen molar-refractivity contribution in [2.24, 2.45) is 0 Å². The molecule has 0 N–H and O–H groups in total. The molecule has 0 spiro atoms. The van der Waals surface area contributed by atoms with Gasteiger partial charge in [-0.05, 0) is 11.1 Å². The zero-order chi connectivity index (χ0) is 57.1. The summed E-state index contributed by atoms with van der Waals surface area (Å²) in [7, 11) is 0. The van der Waals surface area contributed by atoms with Crippen LogP contribution in [0.1, 0.15) is 0 Å². The second-order valence-corrected chi connectivity index (χ2v) is 14.8. The predicted molar refractivity (Wildman–Crippen MR) is 195 cm³/mol. The monoisotopic (exact) mass is 1180 g/mol. The van der Waals surface area contributed by atoms with Gasteiger partial charge in [0.25, 0.3) is 0 Å². The molecule has 0 radical (unpaired) electrons. The summed E-state index contributed by atoms with van der Waals surface area (Å²) in [6.07, 6.45) is 0. The zero-order valence-corrected chi connectivity index (χ0v) is 36.1. The van der Waals surface area contributed by atoms with E-state index in [0.29, 0.717) is 0 Å². The number of rotatable bonds is 6. The van der Waals surface area contributed by atoms with E-state index in [4.69, 9.17) is 0 Å². The quantitative estimate of drug-likeness (QED) is 0.0512. The molecule has 0 nitrogen and oxygen atoms in total. The predicted octanol–water partition coefficient (Wildman–Crippen LogP) is 17.0. The van der Waals surface area contributed by atoms with Crippen LogP contribution in [0.15, 0.2) is 24.3 Å². The van der Waals surface area contributed by atoms with Crippen molar-refractivity contribution in [1.82, 2.24) is 0 Å². The maximum absolute atomic E-state index is 14.5. The van der Waals surface area contributed by atoms with Crippen molar-refractivity contribution in [2.45, 2.75) is 0 Å². The molecule has 8 aromatic rings. The van der Waals surface area contributed by atoms with Gasteiger partial charge in [-0.2, -0.15) is 0 Å². The van der Waals surface area contributed by atoms with E-state index in [-0.39, 0.29) is 41.3 Å². The third kappa shape index (κ3) is 8.88. The average molecular weight is 1180 g/mol. The van der Waals surface area contributed by atoms with E-state index in [0.717, 1.165) is 0 Å². The number of benzene rings is 6. The van der Waals surface area contributed by atoms with E-state index >= 15 is 0 Å². The average Bonchev–Trinajstić information content (AvgIpc) is 4.01. The van der Waals surface area contributed by atoms with Crippen molar-refractivity contribution in [3.63, 3.8) is 0 Å². The fourth-order valence-electron chi connectivity index (χ4n) is 7.21. The Morgan fingerprint density at radius 1 is 0.182 bits per heavy atom. The molecule has 8 aromatic carbocycles. The van der Waals surface area contributed by atoms with Crippen LogP contribution in [0.4, 0.5) is 132 Å². The van der Waals surface area contributed by atoms with Gasteiger partial charge < -0.3 is 0 Å². The Morgan fingerprint density at radius 3 is 0.506 bits per heavy atom. The molecule has 0 aliphatic heterocycles. The number of halogens is 30. The molecule has 0 atom stereocenters. The molecule has 8 rings (SSSR count). The Hall–Kier alpha value is -7.56. The minimum absolute atomic E-state index is 0. The Kier molecular flexibility index (Phi) is 15.8. The van der Waals surface area contributed by atoms with E-state index in [1.54, 1.807) is 0 Å². The molecule has 0 fully saturated rings. The molecule has 0 saturated heterocycles. The largest absolute Gasteiger partial charge is 0.242 e. The Labute approximate surface area is 413 Å². The van der Waals surface area contributed by atoms with Crippen molar-refractivity contribution < 1.29 is 149 Å². The third-order valence-corrected chi connectivity index (χ3v) is 10.7. The Bertz CT molecular complexity index is 3240. The molecule has 0 amide bonds. The van der Waals surface area contributed by atoms with Crippen LogP contribution in [-0.4, -0.2) is 0 Å². The van der Waals surface area contributed by atoms with Gasteiger partial charge in [-0.3, -0.25) is 0 Å². The van der Waals surface area contributed by atoms with E-state index in [9.17, 15) is 132 Å². The van der Waals surface area contributed by atoms with Gasteiger partial charge in [0.2, 0.25) is 11.6 Å². The minimum atomic E-state index is -2.75. The van der Waals surface area contributed by atoms with E-state index < -0.39 is 241 Å². The maximum atomic E-state index is 14.5. The molecule has 408 valence electrons. The van der Waals surface area contributed by atoms with Crippen LogP contribution in [0.3, 0.4) is 0 Å². The molecule has 77 heavy (non-hydrogen) atoms. The summed E-state index contributed by atoms with van der Waals surface area (Å²) < 4.78 is 420. The summed E-state index contributed by atoms with van der Waals surface area (Å²) in [6.45, 7) is 0.